The van der Waals surface area contributed by atoms with Crippen LogP contribution in [0.25, 0.3) is 0 Å². The maximum Gasteiger partial charge on any atom is 0.316 e. The second kappa shape index (κ2) is 6.50. The molecule has 0 amide bonds. The van der Waals surface area contributed by atoms with Crippen molar-refractivity contribution in [3.8, 4) is 0 Å². The normalized spacial score (nSPS) is 12.0. The third kappa shape index (κ3) is 3.53. The summed E-state index contributed by atoms with van der Waals surface area (Å²) in [6, 6.07) is 4.14. The number of hydrogen-bond donors (Lipinski definition) is 0. The Labute approximate surface area is 110 Å². The molecule has 0 radical (unpaired) electrons. The van der Waals surface area contributed by atoms with Gasteiger partial charge in [0.05, 0.1) is 7.11 Å². The third-order valence-corrected chi connectivity index (χ3v) is 2.90. The van der Waals surface area contributed by atoms with Gasteiger partial charge < -0.3 is 4.74 Å². The Kier molecular flexibility index (Phi) is 5.28. The smallest absolute Gasteiger partial charge is 0.316 e. The summed E-state index contributed by atoms with van der Waals surface area (Å²) in [5, 5.41) is 0.271. The van der Waals surface area contributed by atoms with Gasteiger partial charge in [-0.1, -0.05) is 24.6 Å². The monoisotopic (exact) mass is 272 g/mol. The van der Waals surface area contributed by atoms with Crippen LogP contribution in [0.5, 0.6) is 0 Å². The molecular weight excluding hydrogens is 259 g/mol. The first-order valence-electron chi connectivity index (χ1n) is 5.54. The van der Waals surface area contributed by atoms with Gasteiger partial charge in [0.1, 0.15) is 17.5 Å². The minimum atomic E-state index is -0.962. The molecule has 5 heteroatoms. The molecule has 0 fully saturated rings. The maximum atomic E-state index is 13.6. The van der Waals surface area contributed by atoms with E-state index in [1.54, 1.807) is 6.92 Å². The molecule has 0 heterocycles. The fourth-order valence-corrected chi connectivity index (χ4v) is 1.78. The Morgan fingerprint density at radius 1 is 1.44 bits per heavy atom. The molecule has 98 valence electrons. The van der Waals surface area contributed by atoms with Gasteiger partial charge >= 0.3 is 5.97 Å². The Bertz CT molecular complexity index is 444. The van der Waals surface area contributed by atoms with Gasteiger partial charge in [-0.3, -0.25) is 9.59 Å². The van der Waals surface area contributed by atoms with Crippen LogP contribution in [0.2, 0.25) is 5.02 Å². The quantitative estimate of drug-likeness (QED) is 0.611. The topological polar surface area (TPSA) is 43.4 Å². The summed E-state index contributed by atoms with van der Waals surface area (Å²) in [5.41, 5.74) is 0.275. The molecule has 1 unspecified atom stereocenters. The minimum absolute atomic E-state index is 0.0116. The summed E-state index contributed by atoms with van der Waals surface area (Å²) in [5.74, 6) is -2.40. The minimum Gasteiger partial charge on any atom is -0.468 e. The van der Waals surface area contributed by atoms with Crippen LogP contribution in [0.1, 0.15) is 18.9 Å². The van der Waals surface area contributed by atoms with E-state index in [4.69, 9.17) is 11.6 Å². The first-order valence-corrected chi connectivity index (χ1v) is 5.91. The summed E-state index contributed by atoms with van der Waals surface area (Å²) in [6.07, 6.45) is 0.192. The van der Waals surface area contributed by atoms with Crippen molar-refractivity contribution in [2.75, 3.05) is 7.11 Å². The Balaban J connectivity index is 2.96. The molecule has 1 aromatic carbocycles. The van der Waals surface area contributed by atoms with Crippen molar-refractivity contribution >= 4 is 23.4 Å². The van der Waals surface area contributed by atoms with Crippen LogP contribution in [0.3, 0.4) is 0 Å². The highest BCUT2D eigenvalue weighted by molar-refractivity contribution is 6.30. The lowest BCUT2D eigenvalue weighted by atomic mass is 9.93. The highest BCUT2D eigenvalue weighted by Crippen LogP contribution is 2.19. The molecule has 0 saturated carbocycles. The van der Waals surface area contributed by atoms with Crippen molar-refractivity contribution in [3.05, 3.63) is 34.6 Å². The number of methoxy groups -OCH3 is 1. The van der Waals surface area contributed by atoms with Crippen LogP contribution in [0.4, 0.5) is 4.39 Å². The average molecular weight is 273 g/mol. The van der Waals surface area contributed by atoms with Crippen LogP contribution in [-0.2, 0) is 20.7 Å². The van der Waals surface area contributed by atoms with E-state index in [-0.39, 0.29) is 29.2 Å². The Hall–Kier alpha value is -1.42. The second-order valence-electron chi connectivity index (χ2n) is 3.84. The molecule has 0 spiro atoms. The molecule has 0 bridgehead atoms. The summed E-state index contributed by atoms with van der Waals surface area (Å²) in [7, 11) is 1.20. The van der Waals surface area contributed by atoms with Crippen molar-refractivity contribution < 1.29 is 18.7 Å². The largest absolute Gasteiger partial charge is 0.468 e. The van der Waals surface area contributed by atoms with Crippen molar-refractivity contribution in [2.45, 2.75) is 19.8 Å². The molecule has 0 saturated heterocycles. The fraction of sp³-hybridized carbons (Fsp3) is 0.385. The molecule has 0 aliphatic heterocycles. The number of hydrogen-bond acceptors (Lipinski definition) is 3. The number of carbonyl (C=O) groups excluding carboxylic acids is 2. The Morgan fingerprint density at radius 3 is 2.61 bits per heavy atom. The number of Topliss-reactive ketones (excluding diaryl/α,β-unsaturated/α-hetero) is 1. The first-order chi connectivity index (χ1) is 8.49. The van der Waals surface area contributed by atoms with E-state index >= 15 is 0 Å². The van der Waals surface area contributed by atoms with E-state index in [0.29, 0.717) is 0 Å². The SMILES string of the molecule is CCC(=O)C(Cc1ccc(Cl)cc1F)C(=O)OC. The lowest BCUT2D eigenvalue weighted by Gasteiger charge is -2.13. The molecule has 0 aliphatic rings. The molecule has 1 atom stereocenters. The zero-order valence-electron chi connectivity index (χ0n) is 10.2. The van der Waals surface area contributed by atoms with Crippen LogP contribution in [-0.4, -0.2) is 18.9 Å². The summed E-state index contributed by atoms with van der Waals surface area (Å²) >= 11 is 5.63. The van der Waals surface area contributed by atoms with Crippen LogP contribution < -0.4 is 0 Å². The number of halogens is 2. The number of carbonyl (C=O) groups is 2. The van der Waals surface area contributed by atoms with Gasteiger partial charge in [-0.15, -0.1) is 0 Å². The lowest BCUT2D eigenvalue weighted by molar-refractivity contribution is -0.149. The third-order valence-electron chi connectivity index (χ3n) is 2.66. The van der Waals surface area contributed by atoms with Crippen molar-refractivity contribution in [1.82, 2.24) is 0 Å². The molecule has 0 aliphatic carbocycles. The van der Waals surface area contributed by atoms with Gasteiger partial charge in [0.25, 0.3) is 0 Å². The number of rotatable bonds is 5. The predicted molar refractivity (Wildman–Crippen MR) is 65.9 cm³/mol. The lowest BCUT2D eigenvalue weighted by Crippen LogP contribution is -2.27. The zero-order chi connectivity index (χ0) is 13.7. The average Bonchev–Trinajstić information content (AvgIpc) is 2.36. The molecule has 0 aromatic heterocycles. The standard InChI is InChI=1S/C13H14ClFO3/c1-3-12(16)10(13(17)18-2)6-8-4-5-9(14)7-11(8)15/h4-5,7,10H,3,6H2,1-2H3. The molecule has 1 aromatic rings. The van der Waals surface area contributed by atoms with Gasteiger partial charge in [-0.05, 0) is 24.1 Å². The van der Waals surface area contributed by atoms with E-state index in [0.717, 1.165) is 6.07 Å². The van der Waals surface area contributed by atoms with Gasteiger partial charge in [0.15, 0.2) is 0 Å². The highest BCUT2D eigenvalue weighted by Gasteiger charge is 2.27. The van der Waals surface area contributed by atoms with Crippen molar-refractivity contribution in [2.24, 2.45) is 5.92 Å². The van der Waals surface area contributed by atoms with Crippen molar-refractivity contribution in [1.29, 1.82) is 0 Å². The number of ketones is 1. The van der Waals surface area contributed by atoms with E-state index < -0.39 is 17.7 Å². The van der Waals surface area contributed by atoms with E-state index in [1.165, 1.54) is 19.2 Å². The van der Waals surface area contributed by atoms with E-state index in [9.17, 15) is 14.0 Å². The number of esters is 1. The van der Waals surface area contributed by atoms with Crippen LogP contribution >= 0.6 is 11.6 Å². The van der Waals surface area contributed by atoms with E-state index in [1.807, 2.05) is 0 Å². The zero-order valence-corrected chi connectivity index (χ0v) is 11.0. The second-order valence-corrected chi connectivity index (χ2v) is 4.27. The first kappa shape index (κ1) is 14.6. The van der Waals surface area contributed by atoms with Crippen molar-refractivity contribution in [3.63, 3.8) is 0 Å². The predicted octanol–water partition coefficient (Wildman–Crippen LogP) is 2.79. The molecule has 1 rings (SSSR count). The molecule has 18 heavy (non-hydrogen) atoms. The number of ether oxygens (including phenoxy) is 1. The molecule has 0 N–H and O–H groups in total. The maximum absolute atomic E-state index is 13.6. The highest BCUT2D eigenvalue weighted by atomic mass is 35.5. The molecule has 3 nitrogen and oxygen atoms in total. The Morgan fingerprint density at radius 2 is 2.11 bits per heavy atom. The van der Waals surface area contributed by atoms with Crippen LogP contribution in [0, 0.1) is 11.7 Å². The van der Waals surface area contributed by atoms with Gasteiger partial charge in [-0.2, -0.15) is 0 Å². The van der Waals surface area contributed by atoms with Gasteiger partial charge in [0.2, 0.25) is 0 Å². The van der Waals surface area contributed by atoms with Gasteiger partial charge in [-0.25, -0.2) is 4.39 Å². The van der Waals surface area contributed by atoms with E-state index in [2.05, 4.69) is 4.74 Å². The van der Waals surface area contributed by atoms with Gasteiger partial charge in [0, 0.05) is 11.4 Å². The van der Waals surface area contributed by atoms with Crippen LogP contribution in [0.15, 0.2) is 18.2 Å². The summed E-state index contributed by atoms with van der Waals surface area (Å²) < 4.78 is 18.2. The number of benzene rings is 1. The summed E-state index contributed by atoms with van der Waals surface area (Å²) in [4.78, 5) is 23.1. The summed E-state index contributed by atoms with van der Waals surface area (Å²) in [6.45, 7) is 1.65. The molecular formula is C13H14ClFO3. The fourth-order valence-electron chi connectivity index (χ4n) is 1.62.